The molecule has 4 nitrogen and oxygen atoms in total. The maximum absolute atomic E-state index is 5.96. The Balaban J connectivity index is 3.07. The van der Waals surface area contributed by atoms with E-state index in [4.69, 9.17) is 27.0 Å². The quantitative estimate of drug-likeness (QED) is 0.789. The van der Waals surface area contributed by atoms with E-state index in [0.717, 1.165) is 5.56 Å². The van der Waals surface area contributed by atoms with Crippen LogP contribution in [-0.2, 0) is 11.4 Å². The number of rotatable bonds is 5. The zero-order valence-corrected chi connectivity index (χ0v) is 9.50. The van der Waals surface area contributed by atoms with Crippen LogP contribution in [0.25, 0.3) is 0 Å². The Labute approximate surface area is 93.8 Å². The molecule has 0 aliphatic carbocycles. The molecule has 0 atom stereocenters. The third-order valence-corrected chi connectivity index (χ3v) is 2.17. The molecule has 0 aliphatic rings. The Morgan fingerprint density at radius 1 is 1.33 bits per heavy atom. The molecule has 15 heavy (non-hydrogen) atoms. The molecule has 1 rings (SSSR count). The summed E-state index contributed by atoms with van der Waals surface area (Å²) in [5.74, 6) is 6.26. The number of methoxy groups -OCH3 is 1. The van der Waals surface area contributed by atoms with E-state index >= 15 is 0 Å². The topological polar surface area (TPSA) is 53.7 Å². The van der Waals surface area contributed by atoms with E-state index in [9.17, 15) is 0 Å². The van der Waals surface area contributed by atoms with Gasteiger partial charge in [-0.05, 0) is 13.0 Å². The van der Waals surface area contributed by atoms with Gasteiger partial charge in [0, 0.05) is 11.6 Å². The van der Waals surface area contributed by atoms with Gasteiger partial charge >= 0.3 is 0 Å². The second-order valence-corrected chi connectivity index (χ2v) is 3.25. The zero-order valence-electron chi connectivity index (χ0n) is 8.75. The highest BCUT2D eigenvalue weighted by atomic mass is 35.5. The average molecular weight is 232 g/mol. The number of ether oxygens (including phenoxy) is 2. The zero-order chi connectivity index (χ0) is 11.3. The number of hydrogen-bond acceptors (Lipinski definition) is 4. The normalized spacial score (nSPS) is 10.1. The van der Waals surface area contributed by atoms with Gasteiger partial charge in [-0.2, -0.15) is 0 Å². The van der Waals surface area contributed by atoms with Gasteiger partial charge < -0.3 is 9.47 Å². The summed E-state index contributed by atoms with van der Waals surface area (Å²) >= 11 is 5.96. The Morgan fingerprint density at radius 3 is 2.60 bits per heavy atom. The van der Waals surface area contributed by atoms with Crippen molar-refractivity contribution >= 4 is 11.6 Å². The van der Waals surface area contributed by atoms with E-state index < -0.39 is 0 Å². The molecule has 84 valence electrons. The van der Waals surface area contributed by atoms with Crippen LogP contribution in [0.15, 0.2) is 12.1 Å². The molecule has 0 saturated heterocycles. The minimum Gasteiger partial charge on any atom is -0.495 e. The molecule has 0 amide bonds. The van der Waals surface area contributed by atoms with Crippen LogP contribution in [0, 0.1) is 0 Å². The predicted octanol–water partition coefficient (Wildman–Crippen LogP) is 2.14. The first-order valence-electron chi connectivity index (χ1n) is 4.53. The standard InChI is InChI=1S/C10H14ClNO3/c1-3-14-9-5-10(13-2)8(11)4-7(9)6-15-12/h4-5H,3,6,12H2,1-2H3. The summed E-state index contributed by atoms with van der Waals surface area (Å²) < 4.78 is 10.5. The van der Waals surface area contributed by atoms with Crippen molar-refractivity contribution in [2.75, 3.05) is 13.7 Å². The van der Waals surface area contributed by atoms with Crippen LogP contribution < -0.4 is 15.4 Å². The fourth-order valence-corrected chi connectivity index (χ4v) is 1.49. The van der Waals surface area contributed by atoms with Crippen molar-refractivity contribution in [3.63, 3.8) is 0 Å². The second kappa shape index (κ2) is 5.80. The number of hydrogen-bond donors (Lipinski definition) is 1. The molecule has 0 fully saturated rings. The SMILES string of the molecule is CCOc1cc(OC)c(Cl)cc1CON. The van der Waals surface area contributed by atoms with Gasteiger partial charge in [-0.1, -0.05) is 11.6 Å². The summed E-state index contributed by atoms with van der Waals surface area (Å²) in [6, 6.07) is 3.44. The number of benzene rings is 1. The molecule has 0 saturated carbocycles. The molecule has 0 bridgehead atoms. The fourth-order valence-electron chi connectivity index (χ4n) is 1.22. The molecule has 0 aliphatic heterocycles. The molecule has 1 aromatic rings. The highest BCUT2D eigenvalue weighted by Crippen LogP contribution is 2.32. The largest absolute Gasteiger partial charge is 0.495 e. The molecule has 0 heterocycles. The van der Waals surface area contributed by atoms with E-state index in [1.807, 2.05) is 6.92 Å². The Morgan fingerprint density at radius 2 is 2.07 bits per heavy atom. The van der Waals surface area contributed by atoms with Gasteiger partial charge in [0.1, 0.15) is 11.5 Å². The van der Waals surface area contributed by atoms with Crippen molar-refractivity contribution < 1.29 is 14.3 Å². The summed E-state index contributed by atoms with van der Waals surface area (Å²) in [4.78, 5) is 4.56. The highest BCUT2D eigenvalue weighted by Gasteiger charge is 2.10. The van der Waals surface area contributed by atoms with Crippen molar-refractivity contribution in [3.8, 4) is 11.5 Å². The molecule has 1 aromatic carbocycles. The van der Waals surface area contributed by atoms with E-state index in [0.29, 0.717) is 23.1 Å². The van der Waals surface area contributed by atoms with Gasteiger partial charge in [0.2, 0.25) is 0 Å². The van der Waals surface area contributed by atoms with Crippen LogP contribution in [-0.4, -0.2) is 13.7 Å². The number of halogens is 1. The number of nitrogens with two attached hydrogens (primary N) is 1. The molecule has 0 aromatic heterocycles. The first-order valence-corrected chi connectivity index (χ1v) is 4.91. The summed E-state index contributed by atoms with van der Waals surface area (Å²) in [5.41, 5.74) is 0.796. The maximum atomic E-state index is 5.96. The lowest BCUT2D eigenvalue weighted by Crippen LogP contribution is -2.03. The third kappa shape index (κ3) is 2.99. The molecule has 0 spiro atoms. The van der Waals surface area contributed by atoms with Crippen LogP contribution in [0.2, 0.25) is 5.02 Å². The highest BCUT2D eigenvalue weighted by molar-refractivity contribution is 6.32. The van der Waals surface area contributed by atoms with E-state index in [1.54, 1.807) is 19.2 Å². The van der Waals surface area contributed by atoms with E-state index in [-0.39, 0.29) is 6.61 Å². The molecule has 5 heteroatoms. The van der Waals surface area contributed by atoms with Crippen LogP contribution in [0.1, 0.15) is 12.5 Å². The minimum atomic E-state index is 0.249. The van der Waals surface area contributed by atoms with Crippen LogP contribution in [0.3, 0.4) is 0 Å². The predicted molar refractivity (Wildman–Crippen MR) is 58.1 cm³/mol. The Hall–Kier alpha value is -0.970. The van der Waals surface area contributed by atoms with Crippen LogP contribution >= 0.6 is 11.6 Å². The summed E-state index contributed by atoms with van der Waals surface area (Å²) in [7, 11) is 1.55. The molecular formula is C10H14ClNO3. The first-order chi connectivity index (χ1) is 7.22. The van der Waals surface area contributed by atoms with Crippen molar-refractivity contribution in [2.24, 2.45) is 5.90 Å². The van der Waals surface area contributed by atoms with E-state index in [1.165, 1.54) is 0 Å². The summed E-state index contributed by atoms with van der Waals surface area (Å²) in [5, 5.41) is 0.507. The van der Waals surface area contributed by atoms with Crippen molar-refractivity contribution in [2.45, 2.75) is 13.5 Å². The smallest absolute Gasteiger partial charge is 0.141 e. The van der Waals surface area contributed by atoms with Crippen molar-refractivity contribution in [3.05, 3.63) is 22.7 Å². The summed E-state index contributed by atoms with van der Waals surface area (Å²) in [6.07, 6.45) is 0. The van der Waals surface area contributed by atoms with Gasteiger partial charge in [0.15, 0.2) is 0 Å². The Bertz CT molecular complexity index is 331. The lowest BCUT2D eigenvalue weighted by Gasteiger charge is -2.12. The van der Waals surface area contributed by atoms with E-state index in [2.05, 4.69) is 4.84 Å². The molecule has 0 radical (unpaired) electrons. The average Bonchev–Trinajstić information content (AvgIpc) is 2.22. The lowest BCUT2D eigenvalue weighted by atomic mass is 10.2. The van der Waals surface area contributed by atoms with Crippen LogP contribution in [0.5, 0.6) is 11.5 Å². The lowest BCUT2D eigenvalue weighted by molar-refractivity contribution is 0.121. The van der Waals surface area contributed by atoms with Gasteiger partial charge in [-0.25, -0.2) is 5.90 Å². The minimum absolute atomic E-state index is 0.249. The third-order valence-electron chi connectivity index (χ3n) is 1.87. The Kier molecular flexibility index (Phi) is 4.68. The molecule has 2 N–H and O–H groups in total. The van der Waals surface area contributed by atoms with Crippen molar-refractivity contribution in [1.82, 2.24) is 0 Å². The monoisotopic (exact) mass is 231 g/mol. The summed E-state index contributed by atoms with van der Waals surface area (Å²) in [6.45, 7) is 2.70. The second-order valence-electron chi connectivity index (χ2n) is 2.84. The van der Waals surface area contributed by atoms with Gasteiger partial charge in [-0.15, -0.1) is 0 Å². The van der Waals surface area contributed by atoms with Crippen LogP contribution in [0.4, 0.5) is 0 Å². The molecule has 0 unspecified atom stereocenters. The fraction of sp³-hybridized carbons (Fsp3) is 0.400. The van der Waals surface area contributed by atoms with Crippen molar-refractivity contribution in [1.29, 1.82) is 0 Å². The van der Waals surface area contributed by atoms with Gasteiger partial charge in [-0.3, -0.25) is 4.84 Å². The van der Waals surface area contributed by atoms with Gasteiger partial charge in [0.05, 0.1) is 25.3 Å². The molecular weight excluding hydrogens is 218 g/mol. The van der Waals surface area contributed by atoms with Gasteiger partial charge in [0.25, 0.3) is 0 Å². The first kappa shape index (κ1) is 12.1. The maximum Gasteiger partial charge on any atom is 0.141 e.